The predicted octanol–water partition coefficient (Wildman–Crippen LogP) is 2.89. The van der Waals surface area contributed by atoms with E-state index in [1.807, 2.05) is 19.2 Å². The largest absolute Gasteiger partial charge is 0.465 e. The van der Waals surface area contributed by atoms with Crippen molar-refractivity contribution in [2.24, 2.45) is 0 Å². The maximum Gasteiger partial charge on any atom is 0.141 e. The van der Waals surface area contributed by atoms with Crippen LogP contribution in [0.5, 0.6) is 0 Å². The molecule has 25 heavy (non-hydrogen) atoms. The van der Waals surface area contributed by atoms with Crippen LogP contribution in [0.2, 0.25) is 0 Å². The highest BCUT2D eigenvalue weighted by molar-refractivity contribution is 5.92. The molecule has 1 fully saturated rings. The van der Waals surface area contributed by atoms with E-state index in [0.29, 0.717) is 5.92 Å². The summed E-state index contributed by atoms with van der Waals surface area (Å²) in [7, 11) is 0. The fourth-order valence-electron chi connectivity index (χ4n) is 3.85. The SMILES string of the molecule is Cc1ccc(CN2CCC(c3nnn4cnc5[nH]ccc5c34)CC2)o1. The fourth-order valence-corrected chi connectivity index (χ4v) is 3.85. The zero-order valence-electron chi connectivity index (χ0n) is 14.1. The zero-order chi connectivity index (χ0) is 16.8. The summed E-state index contributed by atoms with van der Waals surface area (Å²) in [6, 6.07) is 6.16. The van der Waals surface area contributed by atoms with Gasteiger partial charge in [0.05, 0.1) is 12.2 Å². The number of piperidine rings is 1. The molecular formula is C18H20N6O. The van der Waals surface area contributed by atoms with Gasteiger partial charge in [-0.15, -0.1) is 5.10 Å². The number of hydrogen-bond donors (Lipinski definition) is 1. The van der Waals surface area contributed by atoms with E-state index in [1.54, 1.807) is 10.8 Å². The molecule has 1 aliphatic heterocycles. The Hall–Kier alpha value is -2.67. The van der Waals surface area contributed by atoms with Crippen molar-refractivity contribution in [1.82, 2.24) is 29.7 Å². The molecule has 0 saturated carbocycles. The van der Waals surface area contributed by atoms with Crippen LogP contribution in [0.15, 0.2) is 35.1 Å². The van der Waals surface area contributed by atoms with Gasteiger partial charge >= 0.3 is 0 Å². The van der Waals surface area contributed by atoms with Crippen LogP contribution in [-0.2, 0) is 6.54 Å². The van der Waals surface area contributed by atoms with Crippen molar-refractivity contribution in [3.8, 4) is 0 Å². The molecule has 5 rings (SSSR count). The van der Waals surface area contributed by atoms with Gasteiger partial charge < -0.3 is 9.40 Å². The Balaban J connectivity index is 1.37. The molecule has 0 radical (unpaired) electrons. The summed E-state index contributed by atoms with van der Waals surface area (Å²) in [5.74, 6) is 2.46. The predicted molar refractivity (Wildman–Crippen MR) is 93.3 cm³/mol. The van der Waals surface area contributed by atoms with Crippen molar-refractivity contribution >= 4 is 16.6 Å². The molecule has 1 saturated heterocycles. The number of aromatic amines is 1. The van der Waals surface area contributed by atoms with Crippen LogP contribution in [0.1, 0.15) is 36.0 Å². The molecule has 0 atom stereocenters. The van der Waals surface area contributed by atoms with Gasteiger partial charge in [-0.05, 0) is 51.1 Å². The lowest BCUT2D eigenvalue weighted by atomic mass is 9.92. The van der Waals surface area contributed by atoms with Gasteiger partial charge in [0.1, 0.15) is 29.0 Å². The van der Waals surface area contributed by atoms with Gasteiger partial charge in [-0.2, -0.15) is 0 Å². The zero-order valence-corrected chi connectivity index (χ0v) is 14.1. The molecule has 4 aromatic rings. The highest BCUT2D eigenvalue weighted by atomic mass is 16.3. The maximum absolute atomic E-state index is 5.70. The average molecular weight is 336 g/mol. The van der Waals surface area contributed by atoms with Crippen molar-refractivity contribution in [3.05, 3.63) is 47.9 Å². The Bertz CT molecular complexity index is 1020. The molecule has 1 aliphatic rings. The van der Waals surface area contributed by atoms with Crippen LogP contribution in [0.25, 0.3) is 16.6 Å². The van der Waals surface area contributed by atoms with E-state index in [1.165, 1.54) is 0 Å². The number of fused-ring (bicyclic) bond motifs is 3. The Labute approximate surface area is 144 Å². The van der Waals surface area contributed by atoms with E-state index in [4.69, 9.17) is 4.42 Å². The Kier molecular flexibility index (Phi) is 3.34. The third-order valence-electron chi connectivity index (χ3n) is 5.15. The lowest BCUT2D eigenvalue weighted by Crippen LogP contribution is -2.32. The lowest BCUT2D eigenvalue weighted by molar-refractivity contribution is 0.189. The fraction of sp³-hybridized carbons (Fsp3) is 0.389. The minimum atomic E-state index is 0.438. The average Bonchev–Trinajstić information content (AvgIpc) is 3.34. The lowest BCUT2D eigenvalue weighted by Gasteiger charge is -2.30. The Morgan fingerprint density at radius 2 is 2.12 bits per heavy atom. The smallest absolute Gasteiger partial charge is 0.141 e. The number of aryl methyl sites for hydroxylation is 1. The minimum absolute atomic E-state index is 0.438. The van der Waals surface area contributed by atoms with Crippen LogP contribution in [-0.4, -0.2) is 42.8 Å². The van der Waals surface area contributed by atoms with Gasteiger partial charge in [-0.25, -0.2) is 9.50 Å². The molecule has 0 amide bonds. The first kappa shape index (κ1) is 14.7. The summed E-state index contributed by atoms with van der Waals surface area (Å²) < 4.78 is 7.50. The second kappa shape index (κ2) is 5.70. The van der Waals surface area contributed by atoms with E-state index in [2.05, 4.69) is 37.3 Å². The van der Waals surface area contributed by atoms with E-state index in [9.17, 15) is 0 Å². The molecule has 0 unspecified atom stereocenters. The first-order valence-corrected chi connectivity index (χ1v) is 8.72. The number of nitrogens with zero attached hydrogens (tertiary/aromatic N) is 5. The van der Waals surface area contributed by atoms with Crippen molar-refractivity contribution < 1.29 is 4.42 Å². The minimum Gasteiger partial charge on any atom is -0.465 e. The van der Waals surface area contributed by atoms with Crippen LogP contribution in [0.4, 0.5) is 0 Å². The van der Waals surface area contributed by atoms with Crippen molar-refractivity contribution in [2.75, 3.05) is 13.1 Å². The van der Waals surface area contributed by atoms with E-state index < -0.39 is 0 Å². The summed E-state index contributed by atoms with van der Waals surface area (Å²) in [6.45, 7) is 4.97. The summed E-state index contributed by atoms with van der Waals surface area (Å²) in [6.07, 6.45) is 5.83. The second-order valence-electron chi connectivity index (χ2n) is 6.82. The summed E-state index contributed by atoms with van der Waals surface area (Å²) in [5.41, 5.74) is 3.08. The molecule has 0 aliphatic carbocycles. The monoisotopic (exact) mass is 336 g/mol. The van der Waals surface area contributed by atoms with Crippen LogP contribution in [0.3, 0.4) is 0 Å². The second-order valence-corrected chi connectivity index (χ2v) is 6.82. The van der Waals surface area contributed by atoms with Gasteiger partial charge in [0, 0.05) is 17.5 Å². The Morgan fingerprint density at radius 1 is 1.24 bits per heavy atom. The maximum atomic E-state index is 5.70. The summed E-state index contributed by atoms with van der Waals surface area (Å²) in [5, 5.41) is 9.85. The van der Waals surface area contributed by atoms with E-state index >= 15 is 0 Å². The third-order valence-corrected chi connectivity index (χ3v) is 5.15. The molecule has 5 heterocycles. The number of H-pyrrole nitrogens is 1. The molecule has 0 spiro atoms. The molecule has 0 bridgehead atoms. The number of likely N-dealkylation sites (tertiary alicyclic amines) is 1. The summed E-state index contributed by atoms with van der Waals surface area (Å²) in [4.78, 5) is 10.00. The molecule has 7 nitrogen and oxygen atoms in total. The normalized spacial score (nSPS) is 17.0. The number of aromatic nitrogens is 5. The van der Waals surface area contributed by atoms with E-state index in [-0.39, 0.29) is 0 Å². The molecule has 1 N–H and O–H groups in total. The highest BCUT2D eigenvalue weighted by Crippen LogP contribution is 2.32. The molecule has 4 aromatic heterocycles. The van der Waals surface area contributed by atoms with Crippen LogP contribution in [0, 0.1) is 6.92 Å². The number of rotatable bonds is 3. The first-order valence-electron chi connectivity index (χ1n) is 8.72. The molecule has 0 aromatic carbocycles. The third kappa shape index (κ3) is 2.51. The standard InChI is InChI=1S/C18H20N6O/c1-12-2-3-14(25-12)10-23-8-5-13(6-9-23)16-17-15-4-7-19-18(15)20-11-24(17)22-21-16/h2-4,7,11,13,19H,5-6,8-10H2,1H3. The van der Waals surface area contributed by atoms with Gasteiger partial charge in [0.25, 0.3) is 0 Å². The first-order chi connectivity index (χ1) is 12.3. The van der Waals surface area contributed by atoms with Gasteiger partial charge in [-0.3, -0.25) is 4.90 Å². The van der Waals surface area contributed by atoms with Crippen molar-refractivity contribution in [2.45, 2.75) is 32.2 Å². The molecule has 7 heteroatoms. The van der Waals surface area contributed by atoms with Gasteiger partial charge in [-0.1, -0.05) is 5.21 Å². The summed E-state index contributed by atoms with van der Waals surface area (Å²) >= 11 is 0. The van der Waals surface area contributed by atoms with Gasteiger partial charge in [0.2, 0.25) is 0 Å². The highest BCUT2D eigenvalue weighted by Gasteiger charge is 2.26. The number of nitrogens with one attached hydrogen (secondary N) is 1. The Morgan fingerprint density at radius 3 is 2.92 bits per heavy atom. The molecule has 128 valence electrons. The quantitative estimate of drug-likeness (QED) is 0.622. The van der Waals surface area contributed by atoms with Gasteiger partial charge in [0.15, 0.2) is 0 Å². The van der Waals surface area contributed by atoms with Crippen molar-refractivity contribution in [1.29, 1.82) is 0 Å². The topological polar surface area (TPSA) is 75.2 Å². The number of furan rings is 1. The van der Waals surface area contributed by atoms with Crippen LogP contribution < -0.4 is 0 Å². The van der Waals surface area contributed by atoms with Crippen LogP contribution >= 0.6 is 0 Å². The van der Waals surface area contributed by atoms with Crippen molar-refractivity contribution in [3.63, 3.8) is 0 Å². The number of hydrogen-bond acceptors (Lipinski definition) is 5. The van der Waals surface area contributed by atoms with E-state index in [0.717, 1.165) is 66.2 Å². The molecular weight excluding hydrogens is 316 g/mol.